The van der Waals surface area contributed by atoms with Crippen molar-refractivity contribution in [1.29, 1.82) is 0 Å². The number of likely N-dealkylation sites (N-methyl/N-ethyl adjacent to an activating group) is 1. The summed E-state index contributed by atoms with van der Waals surface area (Å²) in [5.74, 6) is 0. The van der Waals surface area contributed by atoms with Crippen LogP contribution in [0, 0.1) is 0 Å². The van der Waals surface area contributed by atoms with Crippen LogP contribution in [0.15, 0.2) is 16.3 Å². The van der Waals surface area contributed by atoms with Gasteiger partial charge < -0.3 is 10.2 Å². The summed E-state index contributed by atoms with van der Waals surface area (Å²) >= 11 is 1.34. The predicted molar refractivity (Wildman–Crippen MR) is 77.9 cm³/mol. The minimum Gasteiger partial charge on any atom is -0.309 e. The molecule has 1 aliphatic rings. The molecule has 2 N–H and O–H groups in total. The average molecular weight is 303 g/mol. The van der Waals surface area contributed by atoms with Gasteiger partial charge in [-0.1, -0.05) is 0 Å². The maximum absolute atomic E-state index is 12.0. The first-order chi connectivity index (χ1) is 8.97. The summed E-state index contributed by atoms with van der Waals surface area (Å²) in [6, 6.07) is 4.22. The number of nitrogens with zero attached hydrogens (tertiary/aromatic N) is 1. The minimum absolute atomic E-state index is 0.402. The summed E-state index contributed by atoms with van der Waals surface area (Å²) in [4.78, 5) is 3.02. The molecule has 7 heteroatoms. The molecule has 108 valence electrons. The minimum atomic E-state index is -3.34. The molecule has 0 aliphatic heterocycles. The topological polar surface area (TPSA) is 61.4 Å². The van der Waals surface area contributed by atoms with Crippen LogP contribution in [0.5, 0.6) is 0 Å². The summed E-state index contributed by atoms with van der Waals surface area (Å²) in [7, 11) is 0.492. The fourth-order valence-electron chi connectivity index (χ4n) is 1.60. The lowest BCUT2D eigenvalue weighted by molar-refractivity contribution is 0.412. The van der Waals surface area contributed by atoms with E-state index < -0.39 is 10.0 Å². The fraction of sp³-hybridized carbons (Fsp3) is 0.667. The number of hydrogen-bond acceptors (Lipinski definition) is 5. The third-order valence-corrected chi connectivity index (χ3v) is 5.93. The third-order valence-electron chi connectivity index (χ3n) is 2.90. The van der Waals surface area contributed by atoms with E-state index in [1.807, 2.05) is 25.1 Å². The summed E-state index contributed by atoms with van der Waals surface area (Å²) in [6.07, 6.45) is 2.48. The van der Waals surface area contributed by atoms with Crippen molar-refractivity contribution in [3.05, 3.63) is 17.0 Å². The molecule has 0 bridgehead atoms. The molecule has 1 fully saturated rings. The molecule has 0 radical (unpaired) electrons. The van der Waals surface area contributed by atoms with Gasteiger partial charge in [-0.2, -0.15) is 0 Å². The average Bonchev–Trinajstić information content (AvgIpc) is 3.02. The second-order valence-corrected chi connectivity index (χ2v) is 8.24. The lowest BCUT2D eigenvalue weighted by Crippen LogP contribution is -2.30. The molecule has 0 amide bonds. The van der Waals surface area contributed by atoms with Gasteiger partial charge in [0.1, 0.15) is 4.21 Å². The smallest absolute Gasteiger partial charge is 0.250 e. The molecular formula is C12H21N3O2S2. The number of rotatable bonds is 8. The van der Waals surface area contributed by atoms with Crippen molar-refractivity contribution in [3.63, 3.8) is 0 Å². The Hall–Kier alpha value is -0.470. The number of hydrogen-bond donors (Lipinski definition) is 2. The Balaban J connectivity index is 1.87. The van der Waals surface area contributed by atoms with Gasteiger partial charge in [-0.3, -0.25) is 0 Å². The lowest BCUT2D eigenvalue weighted by atomic mass is 10.4. The molecule has 19 heavy (non-hydrogen) atoms. The van der Waals surface area contributed by atoms with Crippen molar-refractivity contribution in [2.45, 2.75) is 29.6 Å². The van der Waals surface area contributed by atoms with E-state index in [0.29, 0.717) is 23.3 Å². The second kappa shape index (κ2) is 6.32. The summed E-state index contributed by atoms with van der Waals surface area (Å²) in [5, 5.41) is 3.38. The highest BCUT2D eigenvalue weighted by molar-refractivity contribution is 7.91. The molecule has 0 spiro atoms. The van der Waals surface area contributed by atoms with Gasteiger partial charge >= 0.3 is 0 Å². The Morgan fingerprint density at radius 1 is 1.37 bits per heavy atom. The molecule has 0 aromatic carbocycles. The van der Waals surface area contributed by atoms with Crippen LogP contribution in [0.1, 0.15) is 17.7 Å². The van der Waals surface area contributed by atoms with E-state index >= 15 is 0 Å². The van der Waals surface area contributed by atoms with Crippen molar-refractivity contribution >= 4 is 21.4 Å². The first-order valence-corrected chi connectivity index (χ1v) is 8.74. The Morgan fingerprint density at radius 3 is 2.74 bits per heavy atom. The molecular weight excluding hydrogens is 282 g/mol. The van der Waals surface area contributed by atoms with E-state index in [4.69, 9.17) is 0 Å². The van der Waals surface area contributed by atoms with Crippen LogP contribution in [-0.4, -0.2) is 46.5 Å². The van der Waals surface area contributed by atoms with Gasteiger partial charge in [0.15, 0.2) is 0 Å². The first kappa shape index (κ1) is 14.9. The standard InChI is InChI=1S/C12H21N3O2S2/c1-15(2)8-7-14-19(16,17)12-6-5-11(18-12)9-13-10-3-4-10/h5-6,10,13-14H,3-4,7-9H2,1-2H3. The molecule has 1 aromatic heterocycles. The quantitative estimate of drug-likeness (QED) is 0.747. The van der Waals surface area contributed by atoms with Crippen LogP contribution in [0.4, 0.5) is 0 Å². The molecule has 1 aromatic rings. The zero-order valence-electron chi connectivity index (χ0n) is 11.3. The predicted octanol–water partition coefficient (Wildman–Crippen LogP) is 0.840. The highest BCUT2D eigenvalue weighted by atomic mass is 32.2. The highest BCUT2D eigenvalue weighted by Crippen LogP contribution is 2.23. The monoisotopic (exact) mass is 303 g/mol. The number of nitrogens with one attached hydrogen (secondary N) is 2. The van der Waals surface area contributed by atoms with Gasteiger partial charge in [0.05, 0.1) is 0 Å². The number of sulfonamides is 1. The Labute approximate surface area is 119 Å². The van der Waals surface area contributed by atoms with E-state index in [0.717, 1.165) is 11.4 Å². The molecule has 0 saturated heterocycles. The lowest BCUT2D eigenvalue weighted by Gasteiger charge is -2.09. The van der Waals surface area contributed by atoms with Gasteiger partial charge in [-0.15, -0.1) is 11.3 Å². The van der Waals surface area contributed by atoms with Gasteiger partial charge in [-0.05, 0) is 39.1 Å². The SMILES string of the molecule is CN(C)CCNS(=O)(=O)c1ccc(CNC2CC2)s1. The van der Waals surface area contributed by atoms with Crippen molar-refractivity contribution in [3.8, 4) is 0 Å². The van der Waals surface area contributed by atoms with Crippen molar-refractivity contribution in [1.82, 2.24) is 14.9 Å². The molecule has 1 heterocycles. The molecule has 2 rings (SSSR count). The normalized spacial score (nSPS) is 16.2. The van der Waals surface area contributed by atoms with E-state index in [-0.39, 0.29) is 0 Å². The van der Waals surface area contributed by atoms with Gasteiger partial charge in [0.2, 0.25) is 10.0 Å². The van der Waals surface area contributed by atoms with Crippen LogP contribution in [-0.2, 0) is 16.6 Å². The molecule has 5 nitrogen and oxygen atoms in total. The maximum Gasteiger partial charge on any atom is 0.250 e. The van der Waals surface area contributed by atoms with Crippen LogP contribution < -0.4 is 10.0 Å². The van der Waals surface area contributed by atoms with E-state index in [2.05, 4.69) is 10.0 Å². The fourth-order valence-corrected chi connectivity index (χ4v) is 3.98. The number of thiophene rings is 1. The summed E-state index contributed by atoms with van der Waals surface area (Å²) in [5.41, 5.74) is 0. The highest BCUT2D eigenvalue weighted by Gasteiger charge is 2.21. The largest absolute Gasteiger partial charge is 0.309 e. The van der Waals surface area contributed by atoms with E-state index in [9.17, 15) is 8.42 Å². The molecule has 1 saturated carbocycles. The van der Waals surface area contributed by atoms with Gasteiger partial charge in [0, 0.05) is 30.6 Å². The van der Waals surface area contributed by atoms with E-state index in [1.165, 1.54) is 24.2 Å². The Bertz CT molecular complexity index is 507. The summed E-state index contributed by atoms with van der Waals surface area (Å²) in [6.45, 7) is 1.89. The Kier molecular flexibility index (Phi) is 4.97. The van der Waals surface area contributed by atoms with Crippen molar-refractivity contribution in [2.75, 3.05) is 27.2 Å². The van der Waals surface area contributed by atoms with Gasteiger partial charge in [-0.25, -0.2) is 13.1 Å². The third kappa shape index (κ3) is 4.85. The summed E-state index contributed by atoms with van der Waals surface area (Å²) < 4.78 is 27.1. The first-order valence-electron chi connectivity index (χ1n) is 6.44. The van der Waals surface area contributed by atoms with Crippen molar-refractivity contribution < 1.29 is 8.42 Å². The second-order valence-electron chi connectivity index (χ2n) is 5.08. The molecule has 0 unspecified atom stereocenters. The maximum atomic E-state index is 12.0. The molecule has 0 atom stereocenters. The Morgan fingerprint density at radius 2 is 2.11 bits per heavy atom. The van der Waals surface area contributed by atoms with Gasteiger partial charge in [0.25, 0.3) is 0 Å². The van der Waals surface area contributed by atoms with Crippen molar-refractivity contribution in [2.24, 2.45) is 0 Å². The van der Waals surface area contributed by atoms with E-state index in [1.54, 1.807) is 6.07 Å². The van der Waals surface area contributed by atoms with Crippen LogP contribution in [0.25, 0.3) is 0 Å². The zero-order valence-corrected chi connectivity index (χ0v) is 13.0. The van der Waals surface area contributed by atoms with Crippen LogP contribution in [0.3, 0.4) is 0 Å². The van der Waals surface area contributed by atoms with Crippen LogP contribution in [0.2, 0.25) is 0 Å². The van der Waals surface area contributed by atoms with Crippen LogP contribution >= 0.6 is 11.3 Å². The zero-order chi connectivity index (χ0) is 13.9. The molecule has 1 aliphatic carbocycles.